The number of carbonyl (C=O) groups is 2. The molecule has 0 saturated carbocycles. The minimum absolute atomic E-state index is 0.0263. The first-order valence-corrected chi connectivity index (χ1v) is 6.62. The molecule has 4 nitrogen and oxygen atoms in total. The summed E-state index contributed by atoms with van der Waals surface area (Å²) in [4.78, 5) is 26.0. The summed E-state index contributed by atoms with van der Waals surface area (Å²) >= 11 is 1.18. The van der Waals surface area contributed by atoms with Crippen LogP contribution in [0.3, 0.4) is 0 Å². The second kappa shape index (κ2) is 4.87. The largest absolute Gasteiger partial charge is 0.365 e. The molecule has 0 radical (unpaired) electrons. The molecule has 0 aliphatic carbocycles. The van der Waals surface area contributed by atoms with Crippen LogP contribution in [-0.2, 0) is 0 Å². The quantitative estimate of drug-likeness (QED) is 0.890. The molecule has 0 aromatic carbocycles. The van der Waals surface area contributed by atoms with Gasteiger partial charge in [-0.05, 0) is 24.5 Å². The third-order valence-corrected chi connectivity index (χ3v) is 4.30. The Morgan fingerprint density at radius 3 is 2.71 bits per heavy atom. The molecule has 5 heteroatoms. The third-order valence-electron chi connectivity index (χ3n) is 3.21. The maximum absolute atomic E-state index is 12.1. The smallest absolute Gasteiger partial charge is 0.263 e. The Balaban J connectivity index is 2.07. The molecule has 2 rings (SSSR count). The van der Waals surface area contributed by atoms with E-state index in [1.165, 1.54) is 11.3 Å². The van der Waals surface area contributed by atoms with Crippen LogP contribution in [0.5, 0.6) is 0 Å². The van der Waals surface area contributed by atoms with Crippen LogP contribution >= 0.6 is 11.3 Å². The minimum atomic E-state index is -0.470. The topological polar surface area (TPSA) is 63.4 Å². The molecule has 1 aliphatic rings. The highest BCUT2D eigenvalue weighted by atomic mass is 32.1. The maximum atomic E-state index is 12.1. The van der Waals surface area contributed by atoms with Crippen LogP contribution in [-0.4, -0.2) is 29.8 Å². The molecular weight excluding hydrogens is 236 g/mol. The summed E-state index contributed by atoms with van der Waals surface area (Å²) in [7, 11) is 0. The van der Waals surface area contributed by atoms with E-state index in [0.717, 1.165) is 25.9 Å². The van der Waals surface area contributed by atoms with E-state index in [2.05, 4.69) is 6.92 Å². The highest BCUT2D eigenvalue weighted by molar-refractivity contribution is 7.15. The molecule has 2 heterocycles. The van der Waals surface area contributed by atoms with Crippen molar-refractivity contribution in [3.63, 3.8) is 0 Å². The van der Waals surface area contributed by atoms with Gasteiger partial charge in [-0.1, -0.05) is 13.3 Å². The van der Waals surface area contributed by atoms with Crippen molar-refractivity contribution in [1.29, 1.82) is 0 Å². The summed E-state index contributed by atoms with van der Waals surface area (Å²) in [6, 6.07) is 3.31. The first kappa shape index (κ1) is 12.1. The van der Waals surface area contributed by atoms with Crippen LogP contribution < -0.4 is 5.73 Å². The van der Waals surface area contributed by atoms with E-state index in [-0.39, 0.29) is 5.91 Å². The lowest BCUT2D eigenvalue weighted by atomic mass is 10.1. The number of nitrogens with two attached hydrogens (primary N) is 1. The second-order valence-corrected chi connectivity index (χ2v) is 5.43. The molecule has 1 atom stereocenters. The first-order chi connectivity index (χ1) is 8.11. The van der Waals surface area contributed by atoms with Crippen molar-refractivity contribution in [2.75, 3.05) is 13.1 Å². The number of likely N-dealkylation sites (tertiary alicyclic amines) is 1. The molecule has 1 aromatic heterocycles. The molecule has 1 aliphatic heterocycles. The fourth-order valence-corrected chi connectivity index (χ4v) is 2.92. The highest BCUT2D eigenvalue weighted by Crippen LogP contribution is 2.24. The van der Waals surface area contributed by atoms with Crippen molar-refractivity contribution in [3.8, 4) is 0 Å². The number of hydrogen-bond acceptors (Lipinski definition) is 3. The molecule has 0 spiro atoms. The molecule has 0 bridgehead atoms. The van der Waals surface area contributed by atoms with Crippen molar-refractivity contribution < 1.29 is 9.59 Å². The summed E-state index contributed by atoms with van der Waals surface area (Å²) in [5.74, 6) is 0.176. The van der Waals surface area contributed by atoms with Gasteiger partial charge in [0.2, 0.25) is 0 Å². The van der Waals surface area contributed by atoms with E-state index >= 15 is 0 Å². The normalized spacial score (nSPS) is 19.6. The SMILES string of the molecule is CCC1CCN(C(=O)c2ccc(C(N)=O)s2)C1. The van der Waals surface area contributed by atoms with Crippen LogP contribution in [0.4, 0.5) is 0 Å². The Morgan fingerprint density at radius 2 is 2.18 bits per heavy atom. The average Bonchev–Trinajstić information content (AvgIpc) is 2.97. The van der Waals surface area contributed by atoms with Crippen LogP contribution in [0.1, 0.15) is 39.1 Å². The molecule has 1 unspecified atom stereocenters. The summed E-state index contributed by atoms with van der Waals surface area (Å²) in [6.45, 7) is 3.80. The molecule has 17 heavy (non-hydrogen) atoms. The number of rotatable bonds is 3. The Morgan fingerprint density at radius 1 is 1.47 bits per heavy atom. The fourth-order valence-electron chi connectivity index (χ4n) is 2.09. The number of amides is 2. The predicted molar refractivity (Wildman–Crippen MR) is 67.1 cm³/mol. The van der Waals surface area contributed by atoms with Crippen LogP contribution in [0, 0.1) is 5.92 Å². The number of primary amides is 1. The highest BCUT2D eigenvalue weighted by Gasteiger charge is 2.26. The summed E-state index contributed by atoms with van der Waals surface area (Å²) < 4.78 is 0. The lowest BCUT2D eigenvalue weighted by Crippen LogP contribution is -2.27. The summed E-state index contributed by atoms with van der Waals surface area (Å²) in [5, 5.41) is 0. The monoisotopic (exact) mass is 252 g/mol. The average molecular weight is 252 g/mol. The van der Waals surface area contributed by atoms with Crippen molar-refractivity contribution >= 4 is 23.2 Å². The van der Waals surface area contributed by atoms with Crippen molar-refractivity contribution in [3.05, 3.63) is 21.9 Å². The van der Waals surface area contributed by atoms with E-state index in [0.29, 0.717) is 15.7 Å². The number of nitrogens with zero attached hydrogens (tertiary/aromatic N) is 1. The number of thiophene rings is 1. The minimum Gasteiger partial charge on any atom is -0.365 e. The lowest BCUT2D eigenvalue weighted by Gasteiger charge is -2.14. The van der Waals surface area contributed by atoms with Gasteiger partial charge in [-0.25, -0.2) is 0 Å². The number of carbonyl (C=O) groups excluding carboxylic acids is 2. The van der Waals surface area contributed by atoms with Gasteiger partial charge in [0.05, 0.1) is 9.75 Å². The molecule has 2 amide bonds. The molecular formula is C12H16N2O2S. The van der Waals surface area contributed by atoms with Gasteiger partial charge in [0.15, 0.2) is 0 Å². The van der Waals surface area contributed by atoms with E-state index in [4.69, 9.17) is 5.73 Å². The van der Waals surface area contributed by atoms with Gasteiger partial charge in [0, 0.05) is 13.1 Å². The molecule has 92 valence electrons. The Hall–Kier alpha value is -1.36. The van der Waals surface area contributed by atoms with Gasteiger partial charge in [-0.3, -0.25) is 9.59 Å². The van der Waals surface area contributed by atoms with Gasteiger partial charge in [0.1, 0.15) is 0 Å². The van der Waals surface area contributed by atoms with Crippen molar-refractivity contribution in [2.24, 2.45) is 11.7 Å². The summed E-state index contributed by atoms with van der Waals surface area (Å²) in [6.07, 6.45) is 2.19. The standard InChI is InChI=1S/C12H16N2O2S/c1-2-8-5-6-14(7-8)12(16)10-4-3-9(17-10)11(13)15/h3-4,8H,2,5-7H2,1H3,(H2,13,15). The van der Waals surface area contributed by atoms with Crippen molar-refractivity contribution in [2.45, 2.75) is 19.8 Å². The molecule has 1 fully saturated rings. The van der Waals surface area contributed by atoms with E-state index in [9.17, 15) is 9.59 Å². The van der Waals surface area contributed by atoms with Gasteiger partial charge in [-0.15, -0.1) is 11.3 Å². The zero-order valence-electron chi connectivity index (χ0n) is 9.81. The second-order valence-electron chi connectivity index (χ2n) is 4.34. The van der Waals surface area contributed by atoms with Crippen LogP contribution in [0.25, 0.3) is 0 Å². The van der Waals surface area contributed by atoms with Crippen molar-refractivity contribution in [1.82, 2.24) is 4.90 Å². The molecule has 1 saturated heterocycles. The zero-order chi connectivity index (χ0) is 12.4. The van der Waals surface area contributed by atoms with Gasteiger partial charge in [0.25, 0.3) is 11.8 Å². The maximum Gasteiger partial charge on any atom is 0.263 e. The molecule has 1 aromatic rings. The Kier molecular flexibility index (Phi) is 3.47. The van der Waals surface area contributed by atoms with Crippen LogP contribution in [0.2, 0.25) is 0 Å². The predicted octanol–water partition coefficient (Wildman–Crippen LogP) is 1.72. The van der Waals surface area contributed by atoms with Gasteiger partial charge < -0.3 is 10.6 Å². The third kappa shape index (κ3) is 2.49. The first-order valence-electron chi connectivity index (χ1n) is 5.80. The summed E-state index contributed by atoms with van der Waals surface area (Å²) in [5.41, 5.74) is 5.17. The fraction of sp³-hybridized carbons (Fsp3) is 0.500. The van der Waals surface area contributed by atoms with E-state index in [1.807, 2.05) is 4.90 Å². The van der Waals surface area contributed by atoms with E-state index < -0.39 is 5.91 Å². The van der Waals surface area contributed by atoms with Crippen LogP contribution in [0.15, 0.2) is 12.1 Å². The zero-order valence-corrected chi connectivity index (χ0v) is 10.6. The molecule has 2 N–H and O–H groups in total. The Labute approximate surface area is 104 Å². The van der Waals surface area contributed by atoms with Gasteiger partial charge >= 0.3 is 0 Å². The van der Waals surface area contributed by atoms with Gasteiger partial charge in [-0.2, -0.15) is 0 Å². The lowest BCUT2D eigenvalue weighted by molar-refractivity contribution is 0.0791. The van der Waals surface area contributed by atoms with E-state index in [1.54, 1.807) is 12.1 Å². The number of hydrogen-bond donors (Lipinski definition) is 1. The Bertz CT molecular complexity index is 441.